The van der Waals surface area contributed by atoms with Gasteiger partial charge in [-0.3, -0.25) is 15.0 Å². The van der Waals surface area contributed by atoms with Gasteiger partial charge in [-0.1, -0.05) is 0 Å². The molecule has 19 heavy (non-hydrogen) atoms. The SMILES string of the molecule is Nc1nc(NC2CCN3CCCC23)ccc1[N+](=O)[O-]. The third-order valence-electron chi connectivity index (χ3n) is 4.04. The molecule has 2 aliphatic rings. The Morgan fingerprint density at radius 2 is 2.26 bits per heavy atom. The minimum absolute atomic E-state index is 0.0312. The number of hydrogen-bond acceptors (Lipinski definition) is 6. The summed E-state index contributed by atoms with van der Waals surface area (Å²) in [7, 11) is 0. The van der Waals surface area contributed by atoms with Crippen molar-refractivity contribution in [1.82, 2.24) is 9.88 Å². The van der Waals surface area contributed by atoms with Crippen LogP contribution in [-0.2, 0) is 0 Å². The van der Waals surface area contributed by atoms with Crippen LogP contribution in [0.2, 0.25) is 0 Å². The molecule has 3 N–H and O–H groups in total. The maximum atomic E-state index is 10.7. The fourth-order valence-electron chi connectivity index (χ4n) is 3.14. The van der Waals surface area contributed by atoms with Gasteiger partial charge >= 0.3 is 5.69 Å². The lowest BCUT2D eigenvalue weighted by Crippen LogP contribution is -2.34. The molecule has 2 fully saturated rings. The molecule has 1 aromatic heterocycles. The molecule has 3 rings (SSSR count). The molecule has 0 aromatic carbocycles. The number of aromatic nitrogens is 1. The van der Waals surface area contributed by atoms with Gasteiger partial charge in [0.05, 0.1) is 4.92 Å². The smallest absolute Gasteiger partial charge is 0.311 e. The molecule has 102 valence electrons. The van der Waals surface area contributed by atoms with Crippen LogP contribution < -0.4 is 11.1 Å². The Hall–Kier alpha value is -1.89. The molecular formula is C12H17N5O2. The third kappa shape index (κ3) is 2.21. The van der Waals surface area contributed by atoms with Crippen LogP contribution in [0.25, 0.3) is 0 Å². The number of pyridine rings is 1. The summed E-state index contributed by atoms with van der Waals surface area (Å²) in [6.45, 7) is 2.30. The summed E-state index contributed by atoms with van der Waals surface area (Å²) < 4.78 is 0. The van der Waals surface area contributed by atoms with E-state index in [4.69, 9.17) is 5.73 Å². The second kappa shape index (κ2) is 4.65. The summed E-state index contributed by atoms with van der Waals surface area (Å²) in [6.07, 6.45) is 3.54. The molecule has 0 bridgehead atoms. The number of nitrogens with one attached hydrogen (secondary N) is 1. The third-order valence-corrected chi connectivity index (χ3v) is 4.04. The molecule has 0 spiro atoms. The minimum atomic E-state index is -0.514. The van der Waals surface area contributed by atoms with Crippen LogP contribution >= 0.6 is 0 Å². The summed E-state index contributed by atoms with van der Waals surface area (Å²) >= 11 is 0. The highest BCUT2D eigenvalue weighted by Gasteiger charge is 2.37. The number of anilines is 2. The highest BCUT2D eigenvalue weighted by atomic mass is 16.6. The zero-order valence-electron chi connectivity index (χ0n) is 10.6. The monoisotopic (exact) mass is 263 g/mol. The number of nitrogens with zero attached hydrogens (tertiary/aromatic N) is 3. The van der Waals surface area contributed by atoms with Crippen LogP contribution in [0, 0.1) is 10.1 Å². The van der Waals surface area contributed by atoms with Crippen molar-refractivity contribution in [2.24, 2.45) is 0 Å². The van der Waals surface area contributed by atoms with Crippen molar-refractivity contribution in [2.45, 2.75) is 31.3 Å². The van der Waals surface area contributed by atoms with Gasteiger partial charge in [0.1, 0.15) is 5.82 Å². The molecule has 2 saturated heterocycles. The predicted molar refractivity (Wildman–Crippen MR) is 71.9 cm³/mol. The van der Waals surface area contributed by atoms with Crippen molar-refractivity contribution in [2.75, 3.05) is 24.1 Å². The van der Waals surface area contributed by atoms with E-state index in [0.717, 1.165) is 13.0 Å². The van der Waals surface area contributed by atoms with E-state index in [1.54, 1.807) is 6.07 Å². The van der Waals surface area contributed by atoms with Crippen LogP contribution in [0.1, 0.15) is 19.3 Å². The summed E-state index contributed by atoms with van der Waals surface area (Å²) in [4.78, 5) is 16.7. The van der Waals surface area contributed by atoms with Crippen molar-refractivity contribution >= 4 is 17.3 Å². The van der Waals surface area contributed by atoms with Crippen LogP contribution in [0.5, 0.6) is 0 Å². The van der Waals surface area contributed by atoms with E-state index in [2.05, 4.69) is 15.2 Å². The summed E-state index contributed by atoms with van der Waals surface area (Å²) in [5, 5.41) is 14.0. The first-order valence-corrected chi connectivity index (χ1v) is 6.56. The Labute approximate surface area is 110 Å². The van der Waals surface area contributed by atoms with Crippen molar-refractivity contribution in [3.63, 3.8) is 0 Å². The summed E-state index contributed by atoms with van der Waals surface area (Å²) in [6, 6.07) is 3.98. The quantitative estimate of drug-likeness (QED) is 0.628. The molecule has 1 aromatic rings. The number of hydrogen-bond donors (Lipinski definition) is 2. The lowest BCUT2D eigenvalue weighted by Gasteiger charge is -2.21. The predicted octanol–water partition coefficient (Wildman–Crippen LogP) is 1.22. The van der Waals surface area contributed by atoms with E-state index in [1.807, 2.05) is 0 Å². The molecular weight excluding hydrogens is 246 g/mol. The maximum absolute atomic E-state index is 10.7. The molecule has 7 nitrogen and oxygen atoms in total. The molecule has 3 heterocycles. The molecule has 0 amide bonds. The van der Waals surface area contributed by atoms with Crippen molar-refractivity contribution in [1.29, 1.82) is 0 Å². The largest absolute Gasteiger partial charge is 0.378 e. The number of fused-ring (bicyclic) bond motifs is 1. The van der Waals surface area contributed by atoms with Gasteiger partial charge in [-0.25, -0.2) is 4.98 Å². The number of nitrogens with two attached hydrogens (primary N) is 1. The van der Waals surface area contributed by atoms with Gasteiger partial charge in [0.25, 0.3) is 0 Å². The summed E-state index contributed by atoms with van der Waals surface area (Å²) in [5.74, 6) is 0.595. The fourth-order valence-corrected chi connectivity index (χ4v) is 3.14. The van der Waals surface area contributed by atoms with Crippen LogP contribution in [0.4, 0.5) is 17.3 Å². The molecule has 0 saturated carbocycles. The molecule has 2 unspecified atom stereocenters. The summed E-state index contributed by atoms with van der Waals surface area (Å²) in [5.41, 5.74) is 5.46. The number of nitro groups is 1. The van der Waals surface area contributed by atoms with Gasteiger partial charge in [-0.2, -0.15) is 0 Å². The Bertz CT molecular complexity index is 507. The van der Waals surface area contributed by atoms with Gasteiger partial charge in [-0.05, 0) is 31.9 Å². The van der Waals surface area contributed by atoms with Gasteiger partial charge < -0.3 is 11.1 Å². The van der Waals surface area contributed by atoms with E-state index in [-0.39, 0.29) is 11.5 Å². The fraction of sp³-hybridized carbons (Fsp3) is 0.583. The Morgan fingerprint density at radius 3 is 3.00 bits per heavy atom. The molecule has 7 heteroatoms. The highest BCUT2D eigenvalue weighted by molar-refractivity contribution is 5.57. The van der Waals surface area contributed by atoms with Gasteiger partial charge in [0.15, 0.2) is 0 Å². The first-order chi connectivity index (χ1) is 9.15. The molecule has 0 radical (unpaired) electrons. The zero-order chi connectivity index (χ0) is 13.4. The van der Waals surface area contributed by atoms with Gasteiger partial charge in [0.2, 0.25) is 5.82 Å². The first-order valence-electron chi connectivity index (χ1n) is 6.56. The van der Waals surface area contributed by atoms with Crippen LogP contribution in [-0.4, -0.2) is 40.0 Å². The van der Waals surface area contributed by atoms with Crippen molar-refractivity contribution in [3.05, 3.63) is 22.2 Å². The van der Waals surface area contributed by atoms with Crippen molar-refractivity contribution < 1.29 is 4.92 Å². The van der Waals surface area contributed by atoms with E-state index in [9.17, 15) is 10.1 Å². The molecule has 2 aliphatic heterocycles. The normalized spacial score (nSPS) is 26.3. The highest BCUT2D eigenvalue weighted by Crippen LogP contribution is 2.30. The van der Waals surface area contributed by atoms with E-state index >= 15 is 0 Å². The molecule has 2 atom stereocenters. The number of rotatable bonds is 3. The Morgan fingerprint density at radius 1 is 1.42 bits per heavy atom. The average molecular weight is 263 g/mol. The van der Waals surface area contributed by atoms with Gasteiger partial charge in [0, 0.05) is 24.7 Å². The Balaban J connectivity index is 1.73. The first kappa shape index (κ1) is 12.2. The average Bonchev–Trinajstić information content (AvgIpc) is 2.94. The van der Waals surface area contributed by atoms with Crippen LogP contribution in [0.15, 0.2) is 12.1 Å². The lowest BCUT2D eigenvalue weighted by atomic mass is 10.1. The second-order valence-corrected chi connectivity index (χ2v) is 5.14. The molecule has 0 aliphatic carbocycles. The minimum Gasteiger partial charge on any atom is -0.378 e. The lowest BCUT2D eigenvalue weighted by molar-refractivity contribution is -0.384. The standard InChI is InChI=1S/C12H17N5O2/c13-12-10(17(18)19)3-4-11(15-12)14-8-5-7-16-6-1-2-9(8)16/h3-4,8-9H,1-2,5-7H2,(H3,13,14,15). The topological polar surface area (TPSA) is 97.3 Å². The van der Waals surface area contributed by atoms with E-state index in [1.165, 1.54) is 25.5 Å². The maximum Gasteiger partial charge on any atom is 0.311 e. The van der Waals surface area contributed by atoms with E-state index < -0.39 is 4.92 Å². The second-order valence-electron chi connectivity index (χ2n) is 5.14. The van der Waals surface area contributed by atoms with Crippen molar-refractivity contribution in [3.8, 4) is 0 Å². The Kier molecular flexibility index (Phi) is 2.98. The zero-order valence-corrected chi connectivity index (χ0v) is 10.6. The number of nitrogen functional groups attached to an aromatic ring is 1. The van der Waals surface area contributed by atoms with Crippen LogP contribution in [0.3, 0.4) is 0 Å². The van der Waals surface area contributed by atoms with Gasteiger partial charge in [-0.15, -0.1) is 0 Å². The van der Waals surface area contributed by atoms with E-state index in [0.29, 0.717) is 17.9 Å².